The van der Waals surface area contributed by atoms with Crippen molar-refractivity contribution in [2.45, 2.75) is 45.3 Å². The third kappa shape index (κ3) is 6.41. The van der Waals surface area contributed by atoms with Crippen LogP contribution in [-0.4, -0.2) is 61.6 Å². The molecule has 2 unspecified atom stereocenters. The van der Waals surface area contributed by atoms with Crippen LogP contribution in [0.3, 0.4) is 0 Å². The van der Waals surface area contributed by atoms with E-state index in [4.69, 9.17) is 9.47 Å². The van der Waals surface area contributed by atoms with Crippen molar-refractivity contribution in [3.05, 3.63) is 65.2 Å². The van der Waals surface area contributed by atoms with Crippen molar-refractivity contribution in [1.29, 1.82) is 0 Å². The third-order valence-corrected chi connectivity index (χ3v) is 6.98. The topological polar surface area (TPSA) is 71.1 Å². The lowest BCUT2D eigenvalue weighted by atomic mass is 9.92. The molecule has 2 aromatic carbocycles. The summed E-state index contributed by atoms with van der Waals surface area (Å²) in [5.41, 5.74) is 3.28. The lowest BCUT2D eigenvalue weighted by Crippen LogP contribution is -2.36. The fourth-order valence-corrected chi connectivity index (χ4v) is 4.93. The number of nitrogens with one attached hydrogen (secondary N) is 1. The monoisotopic (exact) mass is 479 g/mol. The highest BCUT2D eigenvalue weighted by molar-refractivity contribution is 5.90. The minimum Gasteiger partial charge on any atom is -0.497 e. The van der Waals surface area contributed by atoms with Crippen LogP contribution in [0, 0.1) is 5.92 Å². The van der Waals surface area contributed by atoms with E-state index in [9.17, 15) is 9.59 Å². The molecule has 1 N–H and O–H groups in total. The first-order valence-corrected chi connectivity index (χ1v) is 12.7. The van der Waals surface area contributed by atoms with Gasteiger partial charge >= 0.3 is 0 Å². The summed E-state index contributed by atoms with van der Waals surface area (Å²) in [5.74, 6) is 0.326. The minimum atomic E-state index is -0.409. The highest BCUT2D eigenvalue weighted by Gasteiger charge is 2.44. The van der Waals surface area contributed by atoms with Crippen molar-refractivity contribution >= 4 is 11.8 Å². The predicted octanol–water partition coefficient (Wildman–Crippen LogP) is 3.53. The highest BCUT2D eigenvalue weighted by Crippen LogP contribution is 2.39. The number of morpholine rings is 1. The lowest BCUT2D eigenvalue weighted by molar-refractivity contribution is -0.129. The third-order valence-electron chi connectivity index (χ3n) is 6.98. The van der Waals surface area contributed by atoms with Gasteiger partial charge < -0.3 is 19.7 Å². The summed E-state index contributed by atoms with van der Waals surface area (Å²) in [7, 11) is 1.63. The Kier molecular flexibility index (Phi) is 8.77. The fourth-order valence-electron chi connectivity index (χ4n) is 4.93. The van der Waals surface area contributed by atoms with Crippen molar-refractivity contribution in [1.82, 2.24) is 15.1 Å². The van der Waals surface area contributed by atoms with Crippen molar-refractivity contribution < 1.29 is 19.1 Å². The summed E-state index contributed by atoms with van der Waals surface area (Å²) in [4.78, 5) is 30.4. The summed E-state index contributed by atoms with van der Waals surface area (Å²) >= 11 is 0. The van der Waals surface area contributed by atoms with Gasteiger partial charge in [-0.25, -0.2) is 0 Å². The molecule has 2 heterocycles. The Hall–Kier alpha value is -2.90. The highest BCUT2D eigenvalue weighted by atomic mass is 16.5. The molecule has 0 spiro atoms. The number of unbranched alkanes of at least 4 members (excludes halogenated alkanes) is 1. The summed E-state index contributed by atoms with van der Waals surface area (Å²) in [6.07, 6.45) is 2.16. The SMILES string of the molecule is CCCCN1C(=O)CC(C(=O)NCc2ccc(CN3CCOCC3)cc2)C1c1ccc(OC)cc1. The van der Waals surface area contributed by atoms with Crippen molar-refractivity contribution in [3.8, 4) is 5.75 Å². The largest absolute Gasteiger partial charge is 0.497 e. The average molecular weight is 480 g/mol. The van der Waals surface area contributed by atoms with Crippen LogP contribution in [-0.2, 0) is 27.4 Å². The Morgan fingerprint density at radius 1 is 1.06 bits per heavy atom. The first-order valence-electron chi connectivity index (χ1n) is 12.7. The van der Waals surface area contributed by atoms with Gasteiger partial charge in [0.1, 0.15) is 5.75 Å². The second-order valence-corrected chi connectivity index (χ2v) is 9.39. The van der Waals surface area contributed by atoms with E-state index in [-0.39, 0.29) is 24.3 Å². The maximum absolute atomic E-state index is 13.3. The van der Waals surface area contributed by atoms with Crippen molar-refractivity contribution in [3.63, 3.8) is 0 Å². The Labute approximate surface area is 208 Å². The maximum atomic E-state index is 13.3. The van der Waals surface area contributed by atoms with Gasteiger partial charge in [-0.15, -0.1) is 0 Å². The zero-order valence-corrected chi connectivity index (χ0v) is 20.9. The van der Waals surface area contributed by atoms with E-state index >= 15 is 0 Å². The van der Waals surface area contributed by atoms with Crippen LogP contribution < -0.4 is 10.1 Å². The Morgan fingerprint density at radius 2 is 1.74 bits per heavy atom. The molecule has 2 atom stereocenters. The quantitative estimate of drug-likeness (QED) is 0.565. The number of benzene rings is 2. The first-order chi connectivity index (χ1) is 17.1. The average Bonchev–Trinajstić information content (AvgIpc) is 3.23. The van der Waals surface area contributed by atoms with E-state index in [0.717, 1.165) is 62.6 Å². The zero-order valence-electron chi connectivity index (χ0n) is 20.9. The number of nitrogens with zero attached hydrogens (tertiary/aromatic N) is 2. The molecule has 0 aliphatic carbocycles. The predicted molar refractivity (Wildman–Crippen MR) is 135 cm³/mol. The molecule has 0 saturated carbocycles. The molecule has 188 valence electrons. The van der Waals surface area contributed by atoms with Gasteiger partial charge in [0, 0.05) is 39.1 Å². The molecule has 2 aliphatic heterocycles. The number of methoxy groups -OCH3 is 1. The van der Waals surface area contributed by atoms with Crippen molar-refractivity contribution in [2.75, 3.05) is 40.0 Å². The normalized spacial score (nSPS) is 20.7. The van der Waals surface area contributed by atoms with Crippen LogP contribution in [0.5, 0.6) is 5.75 Å². The molecule has 0 radical (unpaired) electrons. The van der Waals surface area contributed by atoms with Gasteiger partial charge in [-0.1, -0.05) is 49.7 Å². The zero-order chi connectivity index (χ0) is 24.6. The van der Waals surface area contributed by atoms with Crippen LogP contribution in [0.2, 0.25) is 0 Å². The van der Waals surface area contributed by atoms with E-state index in [1.807, 2.05) is 29.2 Å². The number of carbonyl (C=O) groups is 2. The fraction of sp³-hybridized carbons (Fsp3) is 0.500. The van der Waals surface area contributed by atoms with E-state index in [1.165, 1.54) is 5.56 Å². The number of ether oxygens (including phenoxy) is 2. The van der Waals surface area contributed by atoms with Gasteiger partial charge in [-0.05, 0) is 35.2 Å². The molecule has 2 amide bonds. The minimum absolute atomic E-state index is 0.0480. The molecule has 2 aromatic rings. The number of hydrogen-bond donors (Lipinski definition) is 1. The van der Waals surface area contributed by atoms with E-state index in [0.29, 0.717) is 13.1 Å². The molecule has 7 nitrogen and oxygen atoms in total. The van der Waals surface area contributed by atoms with Gasteiger partial charge in [0.2, 0.25) is 11.8 Å². The van der Waals surface area contributed by atoms with Gasteiger partial charge in [0.25, 0.3) is 0 Å². The van der Waals surface area contributed by atoms with Crippen molar-refractivity contribution in [2.24, 2.45) is 5.92 Å². The van der Waals surface area contributed by atoms with E-state index in [2.05, 4.69) is 41.4 Å². The standard InChI is InChI=1S/C28H37N3O4/c1-3-4-13-31-26(32)18-25(27(31)23-9-11-24(34-2)12-10-23)28(33)29-19-21-5-7-22(8-6-21)20-30-14-16-35-17-15-30/h5-12,25,27H,3-4,13-20H2,1-2H3,(H,29,33). The first kappa shape index (κ1) is 25.2. The maximum Gasteiger partial charge on any atom is 0.226 e. The summed E-state index contributed by atoms with van der Waals surface area (Å²) in [6.45, 7) is 7.65. The van der Waals surface area contributed by atoms with E-state index < -0.39 is 5.92 Å². The number of hydrogen-bond acceptors (Lipinski definition) is 5. The number of carbonyl (C=O) groups excluding carboxylic acids is 2. The van der Waals surface area contributed by atoms with Crippen LogP contribution in [0.4, 0.5) is 0 Å². The molecule has 7 heteroatoms. The Morgan fingerprint density at radius 3 is 2.40 bits per heavy atom. The Balaban J connectivity index is 1.40. The number of amides is 2. The van der Waals surface area contributed by atoms with Crippen LogP contribution in [0.25, 0.3) is 0 Å². The number of likely N-dealkylation sites (tertiary alicyclic amines) is 1. The second-order valence-electron chi connectivity index (χ2n) is 9.39. The van der Waals surface area contributed by atoms with Gasteiger partial charge in [-0.2, -0.15) is 0 Å². The smallest absolute Gasteiger partial charge is 0.226 e. The molecule has 0 bridgehead atoms. The number of rotatable bonds is 10. The van der Waals surface area contributed by atoms with Gasteiger partial charge in [0.05, 0.1) is 32.3 Å². The lowest BCUT2D eigenvalue weighted by Gasteiger charge is -2.28. The molecule has 2 saturated heterocycles. The molecular formula is C28H37N3O4. The molecule has 2 fully saturated rings. The molecular weight excluding hydrogens is 442 g/mol. The summed E-state index contributed by atoms with van der Waals surface area (Å²) in [5, 5.41) is 3.09. The second kappa shape index (κ2) is 12.2. The van der Waals surface area contributed by atoms with Crippen LogP contribution in [0.15, 0.2) is 48.5 Å². The van der Waals surface area contributed by atoms with Gasteiger partial charge in [0.15, 0.2) is 0 Å². The Bertz CT molecular complexity index is 971. The molecule has 2 aliphatic rings. The summed E-state index contributed by atoms with van der Waals surface area (Å²) < 4.78 is 10.7. The molecule has 4 rings (SSSR count). The van der Waals surface area contributed by atoms with E-state index in [1.54, 1.807) is 7.11 Å². The molecule has 0 aromatic heterocycles. The summed E-state index contributed by atoms with van der Waals surface area (Å²) in [6, 6.07) is 15.9. The van der Waals surface area contributed by atoms with Gasteiger partial charge in [-0.3, -0.25) is 14.5 Å². The van der Waals surface area contributed by atoms with Crippen LogP contribution >= 0.6 is 0 Å². The molecule has 35 heavy (non-hydrogen) atoms. The van der Waals surface area contributed by atoms with Crippen LogP contribution in [0.1, 0.15) is 48.9 Å².